The second-order valence-electron chi connectivity index (χ2n) is 16.2. The largest absolute Gasteiger partial charge is 0.310 e. The van der Waals surface area contributed by atoms with Crippen LogP contribution < -0.4 is 4.90 Å². The Morgan fingerprint density at radius 2 is 0.810 bits per heavy atom. The Hall–Kier alpha value is -7.22. The quantitative estimate of drug-likeness (QED) is 0.154. The molecular formula is C57H41N. The van der Waals surface area contributed by atoms with Crippen LogP contribution in [-0.2, 0) is 5.41 Å². The molecule has 10 aromatic rings. The molecule has 0 aliphatic heterocycles. The van der Waals surface area contributed by atoms with Crippen LogP contribution in [0.3, 0.4) is 0 Å². The van der Waals surface area contributed by atoms with Crippen LogP contribution in [0.4, 0.5) is 17.1 Å². The van der Waals surface area contributed by atoms with Gasteiger partial charge in [0.25, 0.3) is 0 Å². The van der Waals surface area contributed by atoms with Gasteiger partial charge in [0.15, 0.2) is 0 Å². The zero-order chi connectivity index (χ0) is 38.8. The Labute approximate surface area is 340 Å². The molecule has 0 atom stereocenters. The molecule has 0 saturated heterocycles. The van der Waals surface area contributed by atoms with Crippen LogP contribution in [0.15, 0.2) is 212 Å². The van der Waals surface area contributed by atoms with Gasteiger partial charge in [-0.15, -0.1) is 0 Å². The van der Waals surface area contributed by atoms with Gasteiger partial charge in [-0.05, 0) is 130 Å². The highest BCUT2D eigenvalue weighted by atomic mass is 15.1. The van der Waals surface area contributed by atoms with Gasteiger partial charge in [-0.1, -0.05) is 184 Å². The molecule has 10 aromatic carbocycles. The molecule has 0 spiro atoms. The van der Waals surface area contributed by atoms with Crippen LogP contribution >= 0.6 is 0 Å². The lowest BCUT2D eigenvalue weighted by atomic mass is 9.82. The Morgan fingerprint density at radius 1 is 0.293 bits per heavy atom. The topological polar surface area (TPSA) is 3.24 Å². The zero-order valence-corrected chi connectivity index (χ0v) is 32.7. The maximum Gasteiger partial charge on any atom is 0.0465 e. The fourth-order valence-electron chi connectivity index (χ4n) is 9.39. The maximum atomic E-state index is 2.42. The number of benzene rings is 10. The summed E-state index contributed by atoms with van der Waals surface area (Å²) in [6.07, 6.45) is 0. The fourth-order valence-corrected chi connectivity index (χ4v) is 9.39. The van der Waals surface area contributed by atoms with Crippen molar-refractivity contribution in [1.82, 2.24) is 0 Å². The predicted molar refractivity (Wildman–Crippen MR) is 248 cm³/mol. The van der Waals surface area contributed by atoms with Gasteiger partial charge in [0, 0.05) is 22.5 Å². The highest BCUT2D eigenvalue weighted by Crippen LogP contribution is 2.51. The van der Waals surface area contributed by atoms with Crippen molar-refractivity contribution in [3.05, 3.63) is 223 Å². The molecular weight excluding hydrogens is 699 g/mol. The van der Waals surface area contributed by atoms with Crippen LogP contribution in [0.2, 0.25) is 0 Å². The Bertz CT molecular complexity index is 3170. The van der Waals surface area contributed by atoms with Crippen LogP contribution in [0.1, 0.15) is 25.0 Å². The molecule has 1 nitrogen and oxygen atoms in total. The summed E-state index contributed by atoms with van der Waals surface area (Å²) in [6.45, 7) is 4.71. The first-order valence-corrected chi connectivity index (χ1v) is 20.2. The smallest absolute Gasteiger partial charge is 0.0465 e. The minimum atomic E-state index is -0.0983. The van der Waals surface area contributed by atoms with E-state index in [1.54, 1.807) is 0 Å². The SMILES string of the molecule is CC1(C)c2ccccc2-c2ccc(N(c3ccc(-c4ccc(-c5ccc6ccccc6c5)cc4)cc3)c3ccc(-c4cccc5c4ccc4ccccc45)cc3)cc21. The summed E-state index contributed by atoms with van der Waals surface area (Å²) in [5.74, 6) is 0. The molecule has 0 radical (unpaired) electrons. The molecule has 0 heterocycles. The van der Waals surface area contributed by atoms with E-state index in [0.29, 0.717) is 0 Å². The van der Waals surface area contributed by atoms with Crippen LogP contribution in [0.5, 0.6) is 0 Å². The van der Waals surface area contributed by atoms with Crippen molar-refractivity contribution in [3.63, 3.8) is 0 Å². The molecule has 58 heavy (non-hydrogen) atoms. The summed E-state index contributed by atoms with van der Waals surface area (Å²) in [4.78, 5) is 2.41. The van der Waals surface area contributed by atoms with Gasteiger partial charge in [0.1, 0.15) is 0 Å². The summed E-state index contributed by atoms with van der Waals surface area (Å²) in [5, 5.41) is 7.63. The second kappa shape index (κ2) is 13.5. The average Bonchev–Trinajstić information content (AvgIpc) is 3.52. The van der Waals surface area contributed by atoms with Crippen LogP contribution in [0.25, 0.3) is 76.8 Å². The summed E-state index contributed by atoms with van der Waals surface area (Å²) >= 11 is 0. The average molecular weight is 740 g/mol. The van der Waals surface area contributed by atoms with Crippen molar-refractivity contribution in [2.45, 2.75) is 19.3 Å². The summed E-state index contributed by atoms with van der Waals surface area (Å²) < 4.78 is 0. The normalized spacial score (nSPS) is 12.8. The van der Waals surface area contributed by atoms with Crippen LogP contribution in [-0.4, -0.2) is 0 Å². The lowest BCUT2D eigenvalue weighted by Gasteiger charge is -2.28. The van der Waals surface area contributed by atoms with Gasteiger partial charge in [-0.3, -0.25) is 0 Å². The fraction of sp³-hybridized carbons (Fsp3) is 0.0526. The third-order valence-electron chi connectivity index (χ3n) is 12.5. The summed E-state index contributed by atoms with van der Waals surface area (Å²) in [5.41, 5.74) is 16.0. The third kappa shape index (κ3) is 5.62. The molecule has 0 N–H and O–H groups in total. The predicted octanol–water partition coefficient (Wildman–Crippen LogP) is 15.9. The molecule has 0 bridgehead atoms. The lowest BCUT2D eigenvalue weighted by molar-refractivity contribution is 0.660. The summed E-state index contributed by atoms with van der Waals surface area (Å²) in [6, 6.07) is 78.2. The van der Waals surface area contributed by atoms with Gasteiger partial charge in [-0.25, -0.2) is 0 Å². The van der Waals surface area contributed by atoms with Gasteiger partial charge >= 0.3 is 0 Å². The molecule has 0 fully saturated rings. The Kier molecular flexibility index (Phi) is 7.91. The third-order valence-corrected chi connectivity index (χ3v) is 12.5. The first-order chi connectivity index (χ1) is 28.5. The molecule has 0 unspecified atom stereocenters. The monoisotopic (exact) mass is 739 g/mol. The molecule has 11 rings (SSSR count). The molecule has 1 aliphatic rings. The van der Waals surface area contributed by atoms with Crippen molar-refractivity contribution < 1.29 is 0 Å². The molecule has 1 aliphatic carbocycles. The van der Waals surface area contributed by atoms with Gasteiger partial charge in [0.2, 0.25) is 0 Å². The van der Waals surface area contributed by atoms with E-state index < -0.39 is 0 Å². The van der Waals surface area contributed by atoms with Gasteiger partial charge in [-0.2, -0.15) is 0 Å². The lowest BCUT2D eigenvalue weighted by Crippen LogP contribution is -2.16. The van der Waals surface area contributed by atoms with Crippen molar-refractivity contribution in [2.24, 2.45) is 0 Å². The van der Waals surface area contributed by atoms with E-state index in [0.717, 1.165) is 17.1 Å². The minimum Gasteiger partial charge on any atom is -0.310 e. The van der Waals surface area contributed by atoms with Gasteiger partial charge < -0.3 is 4.90 Å². The van der Waals surface area contributed by atoms with Crippen molar-refractivity contribution in [3.8, 4) is 44.5 Å². The molecule has 274 valence electrons. The van der Waals surface area contributed by atoms with Crippen molar-refractivity contribution in [1.29, 1.82) is 0 Å². The second-order valence-corrected chi connectivity index (χ2v) is 16.2. The Balaban J connectivity index is 0.970. The van der Waals surface area contributed by atoms with E-state index in [-0.39, 0.29) is 5.41 Å². The molecule has 0 aromatic heterocycles. The van der Waals surface area contributed by atoms with E-state index in [1.165, 1.54) is 88.0 Å². The van der Waals surface area contributed by atoms with E-state index in [9.17, 15) is 0 Å². The highest BCUT2D eigenvalue weighted by molar-refractivity contribution is 6.12. The standard InChI is InChI=1S/C57H41N/c1-57(2)55-17-8-7-14-53(55)54-35-33-48(37-56(54)57)58(47-31-26-43(27-32-47)50-15-9-16-51-49-13-6-5-11-42(49)28-34-52(50)51)46-29-24-40(25-30-46)39-18-20-41(21-19-39)45-23-22-38-10-3-4-12-44(38)36-45/h3-37H,1-2H3. The molecule has 0 amide bonds. The van der Waals surface area contributed by atoms with Crippen LogP contribution in [0, 0.1) is 0 Å². The number of nitrogens with zero attached hydrogens (tertiary/aromatic N) is 1. The zero-order valence-electron chi connectivity index (χ0n) is 32.7. The highest BCUT2D eigenvalue weighted by Gasteiger charge is 2.35. The first kappa shape index (κ1) is 34.1. The number of rotatable bonds is 6. The van der Waals surface area contributed by atoms with Crippen molar-refractivity contribution in [2.75, 3.05) is 4.90 Å². The van der Waals surface area contributed by atoms with E-state index >= 15 is 0 Å². The van der Waals surface area contributed by atoms with E-state index in [2.05, 4.69) is 231 Å². The van der Waals surface area contributed by atoms with E-state index in [1.807, 2.05) is 0 Å². The number of hydrogen-bond donors (Lipinski definition) is 0. The number of fused-ring (bicyclic) bond motifs is 7. The number of hydrogen-bond acceptors (Lipinski definition) is 1. The van der Waals surface area contributed by atoms with E-state index in [4.69, 9.17) is 0 Å². The first-order valence-electron chi connectivity index (χ1n) is 20.2. The maximum absolute atomic E-state index is 2.42. The van der Waals surface area contributed by atoms with Crippen molar-refractivity contribution >= 4 is 49.4 Å². The summed E-state index contributed by atoms with van der Waals surface area (Å²) in [7, 11) is 0. The number of anilines is 3. The minimum absolute atomic E-state index is 0.0983. The van der Waals surface area contributed by atoms with Gasteiger partial charge in [0.05, 0.1) is 0 Å². The molecule has 0 saturated carbocycles. The molecule has 1 heteroatoms. The Morgan fingerprint density at radius 3 is 1.57 bits per heavy atom.